The fourth-order valence-electron chi connectivity index (χ4n) is 1.44. The lowest BCUT2D eigenvalue weighted by molar-refractivity contribution is 0.193. The van der Waals surface area contributed by atoms with Crippen LogP contribution in [0.25, 0.3) is 0 Å². The van der Waals surface area contributed by atoms with Crippen LogP contribution < -0.4 is 5.73 Å². The Hall–Kier alpha value is -0.520. The highest BCUT2D eigenvalue weighted by atomic mass is 15.1. The van der Waals surface area contributed by atoms with Crippen molar-refractivity contribution in [3.05, 3.63) is 0 Å². The Morgan fingerprint density at radius 2 is 2.09 bits per heavy atom. The number of hydrogen-bond donors (Lipinski definition) is 1. The number of nitrogens with two attached hydrogens (primary N) is 1. The summed E-state index contributed by atoms with van der Waals surface area (Å²) in [6, 6.07) is 0. The SMILES string of the molecule is C#CCC1(N)CCN(C)CC1. The molecule has 0 unspecified atom stereocenters. The van der Waals surface area contributed by atoms with E-state index in [1.807, 2.05) is 0 Å². The van der Waals surface area contributed by atoms with Crippen molar-refractivity contribution in [1.82, 2.24) is 4.90 Å². The largest absolute Gasteiger partial charge is 0.324 e. The summed E-state index contributed by atoms with van der Waals surface area (Å²) in [7, 11) is 2.12. The lowest BCUT2D eigenvalue weighted by Gasteiger charge is -2.36. The molecule has 62 valence electrons. The van der Waals surface area contributed by atoms with E-state index in [1.165, 1.54) is 0 Å². The molecule has 0 aliphatic carbocycles. The average molecular weight is 152 g/mol. The molecule has 0 aromatic carbocycles. The first kappa shape index (κ1) is 8.58. The van der Waals surface area contributed by atoms with Gasteiger partial charge in [0.15, 0.2) is 0 Å². The lowest BCUT2D eigenvalue weighted by Crippen LogP contribution is -2.49. The Bertz CT molecular complexity index is 161. The van der Waals surface area contributed by atoms with Crippen LogP contribution in [0.15, 0.2) is 0 Å². The van der Waals surface area contributed by atoms with Gasteiger partial charge in [-0.2, -0.15) is 0 Å². The monoisotopic (exact) mass is 152 g/mol. The maximum absolute atomic E-state index is 6.06. The third-order valence-corrected chi connectivity index (χ3v) is 2.44. The Labute approximate surface area is 68.8 Å². The normalized spacial score (nSPS) is 24.5. The van der Waals surface area contributed by atoms with Crippen LogP contribution >= 0.6 is 0 Å². The van der Waals surface area contributed by atoms with E-state index in [9.17, 15) is 0 Å². The number of hydrogen-bond acceptors (Lipinski definition) is 2. The van der Waals surface area contributed by atoms with Crippen LogP contribution in [0.3, 0.4) is 0 Å². The number of nitrogens with zero attached hydrogens (tertiary/aromatic N) is 1. The zero-order valence-electron chi connectivity index (χ0n) is 7.14. The molecule has 0 atom stereocenters. The molecule has 2 heteroatoms. The van der Waals surface area contributed by atoms with Crippen molar-refractivity contribution in [3.63, 3.8) is 0 Å². The van der Waals surface area contributed by atoms with Crippen LogP contribution in [-0.4, -0.2) is 30.6 Å². The van der Waals surface area contributed by atoms with E-state index in [-0.39, 0.29) is 5.54 Å². The summed E-state index contributed by atoms with van der Waals surface area (Å²) in [4.78, 5) is 2.29. The number of piperidine rings is 1. The molecule has 1 fully saturated rings. The van der Waals surface area contributed by atoms with Crippen molar-refractivity contribution in [2.45, 2.75) is 24.8 Å². The number of rotatable bonds is 1. The highest BCUT2D eigenvalue weighted by molar-refractivity contribution is 5.00. The van der Waals surface area contributed by atoms with Gasteiger partial charge in [0.05, 0.1) is 0 Å². The molecule has 1 saturated heterocycles. The smallest absolute Gasteiger partial charge is 0.0289 e. The molecule has 0 amide bonds. The Balaban J connectivity index is 2.43. The van der Waals surface area contributed by atoms with Gasteiger partial charge < -0.3 is 10.6 Å². The molecule has 0 saturated carbocycles. The summed E-state index contributed by atoms with van der Waals surface area (Å²) in [6.45, 7) is 2.16. The Morgan fingerprint density at radius 3 is 2.55 bits per heavy atom. The molecule has 1 heterocycles. The van der Waals surface area contributed by atoms with Crippen LogP contribution in [-0.2, 0) is 0 Å². The predicted octanol–water partition coefficient (Wildman–Crippen LogP) is 0.433. The first-order valence-electron chi connectivity index (χ1n) is 4.07. The molecule has 11 heavy (non-hydrogen) atoms. The van der Waals surface area contributed by atoms with Gasteiger partial charge in [-0.3, -0.25) is 0 Å². The highest BCUT2D eigenvalue weighted by Crippen LogP contribution is 2.21. The molecular weight excluding hydrogens is 136 g/mol. The van der Waals surface area contributed by atoms with Gasteiger partial charge in [0, 0.05) is 12.0 Å². The average Bonchev–Trinajstić information content (AvgIpc) is 1.97. The molecule has 1 aliphatic rings. The standard InChI is InChI=1S/C9H16N2/c1-3-4-9(10)5-7-11(2)8-6-9/h1H,4-8,10H2,2H3. The maximum atomic E-state index is 6.06. The summed E-state index contributed by atoms with van der Waals surface area (Å²) < 4.78 is 0. The molecule has 2 N–H and O–H groups in total. The second-order valence-electron chi connectivity index (χ2n) is 3.55. The molecule has 0 aromatic heterocycles. The first-order valence-corrected chi connectivity index (χ1v) is 4.07. The predicted molar refractivity (Wildman–Crippen MR) is 47.1 cm³/mol. The fourth-order valence-corrected chi connectivity index (χ4v) is 1.44. The molecule has 1 rings (SSSR count). The molecule has 0 bridgehead atoms. The quantitative estimate of drug-likeness (QED) is 0.552. The van der Waals surface area contributed by atoms with Crippen LogP contribution in [0.5, 0.6) is 0 Å². The summed E-state index contributed by atoms with van der Waals surface area (Å²) in [5, 5.41) is 0. The van der Waals surface area contributed by atoms with Crippen LogP contribution in [0.2, 0.25) is 0 Å². The van der Waals surface area contributed by atoms with Crippen LogP contribution in [0.4, 0.5) is 0 Å². The summed E-state index contributed by atoms with van der Waals surface area (Å²) in [5.74, 6) is 2.65. The number of terminal acetylenes is 1. The second kappa shape index (κ2) is 3.25. The van der Waals surface area contributed by atoms with E-state index in [0.717, 1.165) is 32.4 Å². The van der Waals surface area contributed by atoms with Crippen molar-refractivity contribution in [2.75, 3.05) is 20.1 Å². The van der Waals surface area contributed by atoms with Crippen molar-refractivity contribution in [2.24, 2.45) is 5.73 Å². The third kappa shape index (κ3) is 2.21. The van der Waals surface area contributed by atoms with Crippen LogP contribution in [0.1, 0.15) is 19.3 Å². The van der Waals surface area contributed by atoms with Gasteiger partial charge in [-0.15, -0.1) is 12.3 Å². The van der Waals surface area contributed by atoms with Gasteiger partial charge in [-0.25, -0.2) is 0 Å². The maximum Gasteiger partial charge on any atom is 0.0289 e. The van der Waals surface area contributed by atoms with E-state index >= 15 is 0 Å². The minimum absolute atomic E-state index is 0.0682. The van der Waals surface area contributed by atoms with Gasteiger partial charge in [0.25, 0.3) is 0 Å². The molecule has 0 spiro atoms. The van der Waals surface area contributed by atoms with Crippen molar-refractivity contribution >= 4 is 0 Å². The van der Waals surface area contributed by atoms with Gasteiger partial charge in [-0.05, 0) is 33.0 Å². The number of likely N-dealkylation sites (tertiary alicyclic amines) is 1. The van der Waals surface area contributed by atoms with E-state index in [4.69, 9.17) is 12.2 Å². The second-order valence-corrected chi connectivity index (χ2v) is 3.55. The topological polar surface area (TPSA) is 29.3 Å². The first-order chi connectivity index (χ1) is 5.16. The van der Waals surface area contributed by atoms with E-state index < -0.39 is 0 Å². The molecule has 1 aliphatic heterocycles. The van der Waals surface area contributed by atoms with Crippen molar-refractivity contribution in [1.29, 1.82) is 0 Å². The van der Waals surface area contributed by atoms with Gasteiger partial charge in [-0.1, -0.05) is 0 Å². The lowest BCUT2D eigenvalue weighted by atomic mass is 9.86. The Morgan fingerprint density at radius 1 is 1.55 bits per heavy atom. The summed E-state index contributed by atoms with van der Waals surface area (Å²) in [6.07, 6.45) is 8.03. The van der Waals surface area contributed by atoms with Gasteiger partial charge >= 0.3 is 0 Å². The summed E-state index contributed by atoms with van der Waals surface area (Å²) >= 11 is 0. The Kier molecular flexibility index (Phi) is 2.53. The van der Waals surface area contributed by atoms with Crippen molar-refractivity contribution < 1.29 is 0 Å². The molecular formula is C9H16N2. The van der Waals surface area contributed by atoms with E-state index in [0.29, 0.717) is 0 Å². The zero-order chi connectivity index (χ0) is 8.32. The van der Waals surface area contributed by atoms with Gasteiger partial charge in [0.1, 0.15) is 0 Å². The molecule has 0 radical (unpaired) electrons. The highest BCUT2D eigenvalue weighted by Gasteiger charge is 2.27. The minimum Gasteiger partial charge on any atom is -0.324 e. The van der Waals surface area contributed by atoms with Crippen molar-refractivity contribution in [3.8, 4) is 12.3 Å². The molecule has 2 nitrogen and oxygen atoms in total. The summed E-state index contributed by atoms with van der Waals surface area (Å²) in [5.41, 5.74) is 5.99. The minimum atomic E-state index is -0.0682. The molecule has 0 aromatic rings. The van der Waals surface area contributed by atoms with Gasteiger partial charge in [0.2, 0.25) is 0 Å². The third-order valence-electron chi connectivity index (χ3n) is 2.44. The zero-order valence-corrected chi connectivity index (χ0v) is 7.14. The fraction of sp³-hybridized carbons (Fsp3) is 0.778. The van der Waals surface area contributed by atoms with E-state index in [1.54, 1.807) is 0 Å². The van der Waals surface area contributed by atoms with Crippen LogP contribution in [0, 0.1) is 12.3 Å². The van der Waals surface area contributed by atoms with E-state index in [2.05, 4.69) is 17.9 Å².